The van der Waals surface area contributed by atoms with E-state index in [9.17, 15) is 13.2 Å². The van der Waals surface area contributed by atoms with Crippen molar-refractivity contribution in [3.8, 4) is 11.6 Å². The maximum atomic E-state index is 13.3. The van der Waals surface area contributed by atoms with Gasteiger partial charge in [-0.3, -0.25) is 9.83 Å². The summed E-state index contributed by atoms with van der Waals surface area (Å²) in [5, 5.41) is 11.4. The topological polar surface area (TPSA) is 80.7 Å². The number of amidine groups is 1. The maximum Gasteiger partial charge on any atom is 0.416 e. The minimum atomic E-state index is -4.52. The van der Waals surface area contributed by atoms with Gasteiger partial charge in [0, 0.05) is 6.04 Å². The molecule has 1 fully saturated rings. The van der Waals surface area contributed by atoms with Gasteiger partial charge in [0.2, 0.25) is 0 Å². The Morgan fingerprint density at radius 1 is 1.14 bits per heavy atom. The molecule has 1 aliphatic carbocycles. The molecular formula is C26H25ClF3N5O2. The fraction of sp³-hybridized carbons (Fsp3) is 0.346. The van der Waals surface area contributed by atoms with Crippen LogP contribution in [0.25, 0.3) is 0 Å². The van der Waals surface area contributed by atoms with Gasteiger partial charge in [0.1, 0.15) is 11.3 Å². The van der Waals surface area contributed by atoms with Crippen molar-refractivity contribution in [3.05, 3.63) is 75.4 Å². The SMILES string of the molecule is Cc1ccc(C[C@@H]2CONC(c3c(Oc4cccc(C(F)(F)F)c4)nnc(Cl)c3NC3CC3)=N2)c(C)c1. The summed E-state index contributed by atoms with van der Waals surface area (Å²) in [4.78, 5) is 10.5. The lowest BCUT2D eigenvalue weighted by Gasteiger charge is -2.25. The van der Waals surface area contributed by atoms with E-state index in [1.165, 1.54) is 17.7 Å². The molecule has 2 heterocycles. The van der Waals surface area contributed by atoms with Crippen molar-refractivity contribution in [2.45, 2.75) is 51.4 Å². The Balaban J connectivity index is 1.52. The zero-order valence-corrected chi connectivity index (χ0v) is 21.0. The van der Waals surface area contributed by atoms with E-state index in [1.54, 1.807) is 0 Å². The molecular weight excluding hydrogens is 507 g/mol. The van der Waals surface area contributed by atoms with Gasteiger partial charge in [-0.05, 0) is 62.4 Å². The van der Waals surface area contributed by atoms with Gasteiger partial charge in [-0.1, -0.05) is 41.4 Å². The summed E-state index contributed by atoms with van der Waals surface area (Å²) in [6.07, 6.45) is -1.98. The third kappa shape index (κ3) is 5.97. The lowest BCUT2D eigenvalue weighted by molar-refractivity contribution is -0.137. The average Bonchev–Trinajstić information content (AvgIpc) is 3.67. The molecule has 2 N–H and O–H groups in total. The van der Waals surface area contributed by atoms with Gasteiger partial charge >= 0.3 is 6.18 Å². The van der Waals surface area contributed by atoms with Crippen LogP contribution in [0, 0.1) is 13.8 Å². The van der Waals surface area contributed by atoms with E-state index in [0.29, 0.717) is 30.1 Å². The molecule has 5 rings (SSSR count). The smallest absolute Gasteiger partial charge is 0.416 e. The number of halogens is 4. The molecule has 0 saturated heterocycles. The Labute approximate surface area is 217 Å². The highest BCUT2D eigenvalue weighted by molar-refractivity contribution is 6.33. The van der Waals surface area contributed by atoms with Crippen molar-refractivity contribution in [1.82, 2.24) is 15.7 Å². The van der Waals surface area contributed by atoms with Gasteiger partial charge in [0.25, 0.3) is 5.88 Å². The quantitative estimate of drug-likeness (QED) is 0.388. The van der Waals surface area contributed by atoms with E-state index in [0.717, 1.165) is 36.1 Å². The molecule has 3 aromatic rings. The molecule has 1 atom stereocenters. The second-order valence-corrected chi connectivity index (χ2v) is 9.63. The van der Waals surface area contributed by atoms with Crippen LogP contribution in [0.1, 0.15) is 40.7 Å². The summed E-state index contributed by atoms with van der Waals surface area (Å²) in [7, 11) is 0. The first-order valence-electron chi connectivity index (χ1n) is 11.9. The van der Waals surface area contributed by atoms with Gasteiger partial charge in [-0.2, -0.15) is 13.2 Å². The number of hydrogen-bond donors (Lipinski definition) is 2. The predicted octanol–water partition coefficient (Wildman–Crippen LogP) is 6.02. The molecule has 0 spiro atoms. The molecule has 7 nitrogen and oxygen atoms in total. The number of hydrogen-bond acceptors (Lipinski definition) is 7. The van der Waals surface area contributed by atoms with Crippen LogP contribution in [0.2, 0.25) is 5.15 Å². The van der Waals surface area contributed by atoms with Crippen LogP contribution in [-0.2, 0) is 17.4 Å². The maximum absolute atomic E-state index is 13.3. The number of hydroxylamine groups is 1. The van der Waals surface area contributed by atoms with E-state index in [1.807, 2.05) is 6.92 Å². The fourth-order valence-corrected chi connectivity index (χ4v) is 4.29. The average molecular weight is 532 g/mol. The Morgan fingerprint density at radius 2 is 1.95 bits per heavy atom. The van der Waals surface area contributed by atoms with Crippen molar-refractivity contribution >= 4 is 23.1 Å². The minimum absolute atomic E-state index is 0.0470. The summed E-state index contributed by atoms with van der Waals surface area (Å²) in [5.74, 6) is 0.214. The van der Waals surface area contributed by atoms with Gasteiger partial charge in [-0.25, -0.2) is 5.48 Å². The Morgan fingerprint density at radius 3 is 2.68 bits per heavy atom. The number of aliphatic imine (C=N–C) groups is 1. The summed E-state index contributed by atoms with van der Waals surface area (Å²) in [5.41, 5.74) is 6.24. The van der Waals surface area contributed by atoms with Crippen molar-refractivity contribution < 1.29 is 22.7 Å². The third-order valence-corrected chi connectivity index (χ3v) is 6.41. The molecule has 2 aromatic carbocycles. The first-order chi connectivity index (χ1) is 17.7. The van der Waals surface area contributed by atoms with Crippen molar-refractivity contribution in [2.24, 2.45) is 4.99 Å². The van der Waals surface area contributed by atoms with Crippen LogP contribution in [0.4, 0.5) is 18.9 Å². The normalized spacial score (nSPS) is 17.7. The molecule has 0 unspecified atom stereocenters. The largest absolute Gasteiger partial charge is 0.437 e. The molecule has 11 heteroatoms. The van der Waals surface area contributed by atoms with Crippen molar-refractivity contribution in [3.63, 3.8) is 0 Å². The molecule has 2 aliphatic rings. The highest BCUT2D eigenvalue weighted by atomic mass is 35.5. The molecule has 37 heavy (non-hydrogen) atoms. The van der Waals surface area contributed by atoms with Crippen LogP contribution in [-0.4, -0.2) is 34.7 Å². The standard InChI is InChI=1S/C26H25ClF3N5O2/c1-14-6-7-16(15(2)10-14)11-19-13-36-35-24(32-19)21-22(31-18-8-9-18)23(27)33-34-25(21)37-20-5-3-4-17(12-20)26(28,29)30/h3-7,10,12,18-19H,8-9,11,13H2,1-2H3,(H,31,34)(H,32,35)/t19-/m1/s1. The number of anilines is 1. The Hall–Kier alpha value is -3.37. The molecule has 1 saturated carbocycles. The number of nitrogens with zero attached hydrogens (tertiary/aromatic N) is 3. The molecule has 0 bridgehead atoms. The number of benzene rings is 2. The number of ether oxygens (including phenoxy) is 1. The second kappa shape index (κ2) is 10.2. The molecule has 0 amide bonds. The van der Waals surface area contributed by atoms with Crippen molar-refractivity contribution in [2.75, 3.05) is 11.9 Å². The molecule has 1 aliphatic heterocycles. The third-order valence-electron chi connectivity index (χ3n) is 6.15. The summed E-state index contributed by atoms with van der Waals surface area (Å²) in [6.45, 7) is 4.43. The molecule has 194 valence electrons. The predicted molar refractivity (Wildman–Crippen MR) is 134 cm³/mol. The van der Waals surface area contributed by atoms with E-state index in [4.69, 9.17) is 26.2 Å². The lowest BCUT2D eigenvalue weighted by atomic mass is 9.99. The number of nitrogens with one attached hydrogen (secondary N) is 2. The number of alkyl halides is 3. The highest BCUT2D eigenvalue weighted by Crippen LogP contribution is 2.38. The first-order valence-corrected chi connectivity index (χ1v) is 12.2. The van der Waals surface area contributed by atoms with Crippen molar-refractivity contribution in [1.29, 1.82) is 0 Å². The van der Waals surface area contributed by atoms with Crippen LogP contribution < -0.4 is 15.5 Å². The number of rotatable bonds is 7. The van der Waals surface area contributed by atoms with E-state index < -0.39 is 11.7 Å². The second-order valence-electron chi connectivity index (χ2n) is 9.27. The number of aryl methyl sites for hydroxylation is 2. The first kappa shape index (κ1) is 25.3. The van der Waals surface area contributed by atoms with Gasteiger partial charge in [0.05, 0.1) is 23.9 Å². The monoisotopic (exact) mass is 531 g/mol. The summed E-state index contributed by atoms with van der Waals surface area (Å²) >= 11 is 6.42. The van der Waals surface area contributed by atoms with E-state index >= 15 is 0 Å². The Bertz CT molecular complexity index is 1340. The lowest BCUT2D eigenvalue weighted by Crippen LogP contribution is -2.37. The van der Waals surface area contributed by atoms with E-state index in [2.05, 4.69) is 46.1 Å². The Kier molecular flexibility index (Phi) is 6.96. The van der Waals surface area contributed by atoms with Gasteiger partial charge in [0.15, 0.2) is 11.0 Å². The van der Waals surface area contributed by atoms with Crippen LogP contribution in [0.3, 0.4) is 0 Å². The van der Waals surface area contributed by atoms with Crippen LogP contribution in [0.5, 0.6) is 11.6 Å². The van der Waals surface area contributed by atoms with Gasteiger partial charge in [-0.15, -0.1) is 10.2 Å². The number of aromatic nitrogens is 2. The van der Waals surface area contributed by atoms with Gasteiger partial charge < -0.3 is 10.1 Å². The highest BCUT2D eigenvalue weighted by Gasteiger charge is 2.32. The minimum Gasteiger partial charge on any atom is -0.437 e. The molecule has 1 aromatic heterocycles. The zero-order valence-electron chi connectivity index (χ0n) is 20.2. The summed E-state index contributed by atoms with van der Waals surface area (Å²) in [6, 6.07) is 10.8. The fourth-order valence-electron chi connectivity index (χ4n) is 4.10. The zero-order chi connectivity index (χ0) is 26.2. The molecule has 0 radical (unpaired) electrons. The van der Waals surface area contributed by atoms with Crippen LogP contribution in [0.15, 0.2) is 47.5 Å². The summed E-state index contributed by atoms with van der Waals surface area (Å²) < 4.78 is 45.6. The van der Waals surface area contributed by atoms with Crippen LogP contribution >= 0.6 is 11.6 Å². The van der Waals surface area contributed by atoms with E-state index in [-0.39, 0.29) is 28.9 Å².